The Bertz CT molecular complexity index is 1420. The molecule has 1 aliphatic rings. The van der Waals surface area contributed by atoms with Gasteiger partial charge in [-0.15, -0.1) is 11.3 Å². The number of imidazole rings is 1. The first kappa shape index (κ1) is 23.3. The number of aromatic nitrogens is 4. The van der Waals surface area contributed by atoms with Crippen LogP contribution in [0.5, 0.6) is 0 Å². The largest absolute Gasteiger partial charge is 0.384 e. The van der Waals surface area contributed by atoms with E-state index in [0.29, 0.717) is 41.0 Å². The highest BCUT2D eigenvalue weighted by Gasteiger charge is 2.34. The molecule has 1 atom stereocenters. The Labute approximate surface area is 211 Å². The summed E-state index contributed by atoms with van der Waals surface area (Å²) in [6.45, 7) is 4.76. The molecule has 1 fully saturated rings. The standard InChI is InChI=1S/C24H24ClN7O2S/c1-13-8-20(26)28-14(2)16(13)9-27-22(33)18-12-35-23(30-18)19-4-3-7-32(19)24(34)17-11-31-10-15(25)5-6-21(31)29-17/h5-6,8,10-12,19H,3-4,7,9H2,1-2H3,(H2,26,28)(H,27,33). The van der Waals surface area contributed by atoms with Crippen molar-refractivity contribution in [3.63, 3.8) is 0 Å². The first-order valence-corrected chi connectivity index (χ1v) is 12.5. The number of fused-ring (bicyclic) bond motifs is 1. The number of nitrogens with one attached hydrogen (secondary N) is 1. The van der Waals surface area contributed by atoms with Gasteiger partial charge in [0.2, 0.25) is 0 Å². The summed E-state index contributed by atoms with van der Waals surface area (Å²) in [7, 11) is 0. The summed E-state index contributed by atoms with van der Waals surface area (Å²) >= 11 is 7.44. The second-order valence-corrected chi connectivity index (χ2v) is 9.90. The monoisotopic (exact) mass is 509 g/mol. The summed E-state index contributed by atoms with van der Waals surface area (Å²) in [6, 6.07) is 5.12. The van der Waals surface area contributed by atoms with Crippen molar-refractivity contribution in [2.75, 3.05) is 12.3 Å². The van der Waals surface area contributed by atoms with Crippen LogP contribution < -0.4 is 11.1 Å². The molecule has 1 saturated heterocycles. The number of carbonyl (C=O) groups is 2. The molecule has 180 valence electrons. The van der Waals surface area contributed by atoms with E-state index in [0.717, 1.165) is 34.7 Å². The number of nitrogens with two attached hydrogens (primary N) is 1. The third-order valence-electron chi connectivity index (χ3n) is 6.19. The maximum atomic E-state index is 13.3. The maximum absolute atomic E-state index is 13.3. The van der Waals surface area contributed by atoms with E-state index in [2.05, 4.69) is 20.3 Å². The number of rotatable bonds is 5. The van der Waals surface area contributed by atoms with Gasteiger partial charge in [0.25, 0.3) is 11.8 Å². The van der Waals surface area contributed by atoms with Crippen LogP contribution >= 0.6 is 22.9 Å². The van der Waals surface area contributed by atoms with E-state index in [1.165, 1.54) is 11.3 Å². The first-order chi connectivity index (χ1) is 16.8. The molecule has 0 aromatic carbocycles. The van der Waals surface area contributed by atoms with Gasteiger partial charge in [-0.05, 0) is 56.0 Å². The number of pyridine rings is 2. The molecular weight excluding hydrogens is 486 g/mol. The van der Waals surface area contributed by atoms with Crippen LogP contribution in [0.1, 0.15) is 61.7 Å². The van der Waals surface area contributed by atoms with Gasteiger partial charge in [0, 0.05) is 36.6 Å². The molecule has 0 saturated carbocycles. The lowest BCUT2D eigenvalue weighted by atomic mass is 10.1. The molecule has 0 radical (unpaired) electrons. The van der Waals surface area contributed by atoms with E-state index in [9.17, 15) is 9.59 Å². The third-order valence-corrected chi connectivity index (χ3v) is 7.36. The molecule has 35 heavy (non-hydrogen) atoms. The van der Waals surface area contributed by atoms with Crippen molar-refractivity contribution in [3.8, 4) is 0 Å². The van der Waals surface area contributed by atoms with E-state index in [1.54, 1.807) is 45.3 Å². The molecule has 1 unspecified atom stereocenters. The van der Waals surface area contributed by atoms with Gasteiger partial charge in [0.1, 0.15) is 27.9 Å². The van der Waals surface area contributed by atoms with Crippen LogP contribution in [0.3, 0.4) is 0 Å². The number of anilines is 1. The third kappa shape index (κ3) is 4.59. The number of halogens is 1. The van der Waals surface area contributed by atoms with Crippen LogP contribution in [0.15, 0.2) is 36.0 Å². The van der Waals surface area contributed by atoms with Crippen molar-refractivity contribution in [2.24, 2.45) is 0 Å². The Morgan fingerprint density at radius 1 is 1.20 bits per heavy atom. The number of carbonyl (C=O) groups excluding carboxylic acids is 2. The summed E-state index contributed by atoms with van der Waals surface area (Å²) in [5.74, 6) is 0.0360. The van der Waals surface area contributed by atoms with Crippen LogP contribution in [0.25, 0.3) is 5.65 Å². The molecule has 5 heterocycles. The van der Waals surface area contributed by atoms with Gasteiger partial charge in [0.15, 0.2) is 0 Å². The van der Waals surface area contributed by atoms with E-state index in [4.69, 9.17) is 17.3 Å². The Morgan fingerprint density at radius 3 is 2.83 bits per heavy atom. The Kier molecular flexibility index (Phi) is 6.16. The lowest BCUT2D eigenvalue weighted by molar-refractivity contribution is 0.0730. The average molecular weight is 510 g/mol. The lowest BCUT2D eigenvalue weighted by Crippen LogP contribution is -2.31. The minimum Gasteiger partial charge on any atom is -0.384 e. The molecule has 4 aromatic heterocycles. The second kappa shape index (κ2) is 9.27. The van der Waals surface area contributed by atoms with Crippen molar-refractivity contribution >= 4 is 46.2 Å². The Balaban J connectivity index is 1.30. The van der Waals surface area contributed by atoms with Crippen molar-refractivity contribution in [3.05, 3.63) is 74.2 Å². The predicted octanol–water partition coefficient (Wildman–Crippen LogP) is 3.95. The highest BCUT2D eigenvalue weighted by atomic mass is 35.5. The van der Waals surface area contributed by atoms with Gasteiger partial charge in [-0.3, -0.25) is 9.59 Å². The minimum absolute atomic E-state index is 0.157. The summed E-state index contributed by atoms with van der Waals surface area (Å²) < 4.78 is 1.74. The van der Waals surface area contributed by atoms with Gasteiger partial charge in [0.05, 0.1) is 11.1 Å². The molecule has 2 amide bonds. The van der Waals surface area contributed by atoms with Gasteiger partial charge in [-0.1, -0.05) is 11.6 Å². The summed E-state index contributed by atoms with van der Waals surface area (Å²) in [6.07, 6.45) is 5.06. The van der Waals surface area contributed by atoms with Crippen LogP contribution in [0.2, 0.25) is 5.02 Å². The number of thiazole rings is 1. The fraction of sp³-hybridized carbons (Fsp3) is 0.292. The number of amides is 2. The fourth-order valence-electron chi connectivity index (χ4n) is 4.44. The Morgan fingerprint density at radius 2 is 2.03 bits per heavy atom. The lowest BCUT2D eigenvalue weighted by Gasteiger charge is -2.22. The second-order valence-electron chi connectivity index (χ2n) is 8.58. The van der Waals surface area contributed by atoms with E-state index in [-0.39, 0.29) is 17.9 Å². The Hall–Kier alpha value is -3.50. The van der Waals surface area contributed by atoms with Crippen molar-refractivity contribution in [2.45, 2.75) is 39.3 Å². The van der Waals surface area contributed by atoms with Gasteiger partial charge >= 0.3 is 0 Å². The van der Waals surface area contributed by atoms with Crippen molar-refractivity contribution in [1.82, 2.24) is 29.6 Å². The first-order valence-electron chi connectivity index (χ1n) is 11.2. The molecular formula is C24H24ClN7O2S. The van der Waals surface area contributed by atoms with Crippen LogP contribution in [-0.2, 0) is 6.54 Å². The molecule has 11 heteroatoms. The number of aryl methyl sites for hydroxylation is 2. The van der Waals surface area contributed by atoms with Crippen LogP contribution in [0.4, 0.5) is 5.82 Å². The van der Waals surface area contributed by atoms with Crippen LogP contribution in [-0.4, -0.2) is 42.6 Å². The van der Waals surface area contributed by atoms with E-state index >= 15 is 0 Å². The fourth-order valence-corrected chi connectivity index (χ4v) is 5.55. The minimum atomic E-state index is -0.267. The number of hydrogen-bond acceptors (Lipinski definition) is 7. The highest BCUT2D eigenvalue weighted by Crippen LogP contribution is 2.35. The van der Waals surface area contributed by atoms with Crippen LogP contribution in [0, 0.1) is 13.8 Å². The van der Waals surface area contributed by atoms with Gasteiger partial charge in [-0.2, -0.15) is 0 Å². The molecule has 4 aromatic rings. The number of hydrogen-bond donors (Lipinski definition) is 2. The van der Waals surface area contributed by atoms with Crippen molar-refractivity contribution in [1.29, 1.82) is 0 Å². The smallest absolute Gasteiger partial charge is 0.274 e. The zero-order chi connectivity index (χ0) is 24.7. The molecule has 0 aliphatic carbocycles. The molecule has 3 N–H and O–H groups in total. The van der Waals surface area contributed by atoms with E-state index in [1.807, 2.05) is 13.8 Å². The zero-order valence-electron chi connectivity index (χ0n) is 19.3. The predicted molar refractivity (Wildman–Crippen MR) is 135 cm³/mol. The number of nitrogen functional groups attached to an aromatic ring is 1. The summed E-state index contributed by atoms with van der Waals surface area (Å²) in [5, 5.41) is 5.97. The SMILES string of the molecule is Cc1cc(N)nc(C)c1CNC(=O)c1csc(C2CCCN2C(=O)c2cn3cc(Cl)ccc3n2)n1. The zero-order valence-corrected chi connectivity index (χ0v) is 20.9. The van der Waals surface area contributed by atoms with E-state index < -0.39 is 0 Å². The molecule has 0 bridgehead atoms. The number of nitrogens with zero attached hydrogens (tertiary/aromatic N) is 5. The average Bonchev–Trinajstić information content (AvgIpc) is 3.55. The summed E-state index contributed by atoms with van der Waals surface area (Å²) in [5.41, 5.74) is 9.84. The molecule has 5 rings (SSSR count). The van der Waals surface area contributed by atoms with Gasteiger partial charge < -0.3 is 20.4 Å². The normalized spacial score (nSPS) is 15.6. The maximum Gasteiger partial charge on any atom is 0.274 e. The topological polar surface area (TPSA) is 119 Å². The quantitative estimate of drug-likeness (QED) is 0.420. The molecule has 0 spiro atoms. The molecule has 1 aliphatic heterocycles. The highest BCUT2D eigenvalue weighted by molar-refractivity contribution is 7.09. The van der Waals surface area contributed by atoms with Crippen molar-refractivity contribution < 1.29 is 9.59 Å². The number of likely N-dealkylation sites (tertiary alicyclic amines) is 1. The summed E-state index contributed by atoms with van der Waals surface area (Å²) in [4.78, 5) is 41.1. The van der Waals surface area contributed by atoms with Gasteiger partial charge in [-0.25, -0.2) is 15.0 Å². The molecule has 9 nitrogen and oxygen atoms in total.